The molecule has 0 radical (unpaired) electrons. The van der Waals surface area contributed by atoms with Gasteiger partial charge in [0, 0.05) is 52.1 Å². The lowest BCUT2D eigenvalue weighted by Gasteiger charge is -2.29. The molecule has 2 aromatic rings. The van der Waals surface area contributed by atoms with Gasteiger partial charge in [-0.1, -0.05) is 58.0 Å². The highest BCUT2D eigenvalue weighted by Crippen LogP contribution is 2.28. The number of benzene rings is 2. The van der Waals surface area contributed by atoms with E-state index >= 15 is 0 Å². The monoisotopic (exact) mass is 467 g/mol. The van der Waals surface area contributed by atoms with E-state index in [1.807, 2.05) is 100 Å². The predicted octanol–water partition coefficient (Wildman–Crippen LogP) is 5.30. The average molecular weight is 468 g/mol. The van der Waals surface area contributed by atoms with Crippen molar-refractivity contribution in [2.24, 2.45) is 5.41 Å². The Bertz CT molecular complexity index is 936. The number of ether oxygens (including phenoxy) is 1. The molecule has 2 aromatic carbocycles. The summed E-state index contributed by atoms with van der Waals surface area (Å²) in [6.07, 6.45) is 1.15. The third-order valence-corrected chi connectivity index (χ3v) is 5.68. The summed E-state index contributed by atoms with van der Waals surface area (Å²) in [5.41, 5.74) is 3.66. The molecule has 0 heterocycles. The van der Waals surface area contributed by atoms with Gasteiger partial charge in [0.25, 0.3) is 0 Å². The quantitative estimate of drug-likeness (QED) is 0.487. The fourth-order valence-corrected chi connectivity index (χ4v) is 4.05. The van der Waals surface area contributed by atoms with Crippen LogP contribution in [0.2, 0.25) is 0 Å². The molecule has 0 bridgehead atoms. The van der Waals surface area contributed by atoms with Gasteiger partial charge in [0.05, 0.1) is 12.5 Å². The van der Waals surface area contributed by atoms with Crippen molar-refractivity contribution in [3.05, 3.63) is 59.7 Å². The van der Waals surface area contributed by atoms with E-state index in [1.54, 1.807) is 7.11 Å². The largest absolute Gasteiger partial charge is 0.383 e. The van der Waals surface area contributed by atoms with Crippen molar-refractivity contribution in [1.29, 1.82) is 0 Å². The zero-order valence-corrected chi connectivity index (χ0v) is 21.9. The molecule has 2 rings (SSSR count). The van der Waals surface area contributed by atoms with Crippen molar-refractivity contribution in [1.82, 2.24) is 4.90 Å². The van der Waals surface area contributed by atoms with E-state index in [4.69, 9.17) is 4.74 Å². The second kappa shape index (κ2) is 12.6. The second-order valence-corrected chi connectivity index (χ2v) is 10.1. The van der Waals surface area contributed by atoms with Crippen LogP contribution in [-0.2, 0) is 20.9 Å². The lowest BCUT2D eigenvalue weighted by molar-refractivity contribution is -0.134. The maximum atomic E-state index is 13.7. The number of nitrogens with one attached hydrogen (secondary N) is 1. The van der Waals surface area contributed by atoms with Crippen molar-refractivity contribution in [2.45, 2.75) is 53.0 Å². The van der Waals surface area contributed by atoms with E-state index in [0.29, 0.717) is 26.1 Å². The van der Waals surface area contributed by atoms with Gasteiger partial charge in [0.1, 0.15) is 0 Å². The summed E-state index contributed by atoms with van der Waals surface area (Å²) in [6.45, 7) is 9.56. The molecule has 0 aliphatic heterocycles. The third-order valence-electron chi connectivity index (χ3n) is 5.68. The van der Waals surface area contributed by atoms with E-state index in [-0.39, 0.29) is 23.1 Å². The van der Waals surface area contributed by atoms with Gasteiger partial charge in [-0.25, -0.2) is 0 Å². The molecule has 186 valence electrons. The maximum Gasteiger partial charge on any atom is 0.230 e. The van der Waals surface area contributed by atoms with Crippen LogP contribution >= 0.6 is 0 Å². The number of rotatable bonds is 11. The van der Waals surface area contributed by atoms with Gasteiger partial charge in [0.15, 0.2) is 0 Å². The van der Waals surface area contributed by atoms with Gasteiger partial charge in [-0.3, -0.25) is 9.59 Å². The molecular formula is C28H41N3O3. The SMILES string of the molecule is CC[C@@H](C(=O)N(CCOC)Cc1cc(NC(=O)CC(C)(C)C)ccc1N(C)C)c1ccccc1. The van der Waals surface area contributed by atoms with Gasteiger partial charge < -0.3 is 19.9 Å². The highest BCUT2D eigenvalue weighted by atomic mass is 16.5. The average Bonchev–Trinajstić information content (AvgIpc) is 2.76. The van der Waals surface area contributed by atoms with E-state index in [1.165, 1.54) is 0 Å². The summed E-state index contributed by atoms with van der Waals surface area (Å²) in [7, 11) is 5.61. The molecule has 1 atom stereocenters. The number of carbonyl (C=O) groups is 2. The Labute approximate surface area is 205 Å². The molecule has 0 spiro atoms. The number of anilines is 2. The van der Waals surface area contributed by atoms with Crippen molar-refractivity contribution < 1.29 is 14.3 Å². The summed E-state index contributed by atoms with van der Waals surface area (Å²) in [4.78, 5) is 30.1. The fourth-order valence-electron chi connectivity index (χ4n) is 4.05. The van der Waals surface area contributed by atoms with Gasteiger partial charge in [-0.15, -0.1) is 0 Å². The maximum absolute atomic E-state index is 13.7. The Hall–Kier alpha value is -2.86. The van der Waals surface area contributed by atoms with Crippen LogP contribution in [0.4, 0.5) is 11.4 Å². The van der Waals surface area contributed by atoms with Gasteiger partial charge in [-0.05, 0) is 41.2 Å². The number of hydrogen-bond acceptors (Lipinski definition) is 4. The fraction of sp³-hybridized carbons (Fsp3) is 0.500. The summed E-state index contributed by atoms with van der Waals surface area (Å²) in [5, 5.41) is 3.02. The van der Waals surface area contributed by atoms with Crippen LogP contribution in [0.5, 0.6) is 0 Å². The Morgan fingerprint density at radius 2 is 1.74 bits per heavy atom. The molecule has 0 aromatic heterocycles. The number of methoxy groups -OCH3 is 1. The van der Waals surface area contributed by atoms with E-state index in [0.717, 1.165) is 28.9 Å². The highest BCUT2D eigenvalue weighted by Gasteiger charge is 2.25. The normalized spacial score (nSPS) is 12.2. The molecule has 1 N–H and O–H groups in total. The van der Waals surface area contributed by atoms with E-state index in [9.17, 15) is 9.59 Å². The molecule has 34 heavy (non-hydrogen) atoms. The molecule has 6 nitrogen and oxygen atoms in total. The Morgan fingerprint density at radius 3 is 2.29 bits per heavy atom. The first-order valence-corrected chi connectivity index (χ1v) is 12.0. The molecule has 0 saturated carbocycles. The van der Waals surface area contributed by atoms with E-state index < -0.39 is 0 Å². The van der Waals surface area contributed by atoms with Crippen molar-refractivity contribution >= 4 is 23.2 Å². The van der Waals surface area contributed by atoms with Crippen LogP contribution in [0.25, 0.3) is 0 Å². The summed E-state index contributed by atoms with van der Waals surface area (Å²) in [6, 6.07) is 15.8. The van der Waals surface area contributed by atoms with Crippen LogP contribution < -0.4 is 10.2 Å². The molecule has 2 amide bonds. The molecule has 0 aliphatic rings. The molecule has 0 saturated heterocycles. The van der Waals surface area contributed by atoms with Crippen LogP contribution in [0.1, 0.15) is 57.6 Å². The van der Waals surface area contributed by atoms with Crippen molar-refractivity contribution in [3.63, 3.8) is 0 Å². The number of hydrogen-bond donors (Lipinski definition) is 1. The van der Waals surface area contributed by atoms with Crippen LogP contribution in [-0.4, -0.2) is 51.1 Å². The van der Waals surface area contributed by atoms with Crippen molar-refractivity contribution in [3.8, 4) is 0 Å². The van der Waals surface area contributed by atoms with Crippen LogP contribution in [0, 0.1) is 5.41 Å². The number of amides is 2. The molecule has 0 fully saturated rings. The first-order chi connectivity index (χ1) is 16.1. The van der Waals surface area contributed by atoms with Crippen LogP contribution in [0.15, 0.2) is 48.5 Å². The standard InChI is InChI=1S/C28H41N3O3/c1-8-24(21-12-10-9-11-13-21)27(33)31(16-17-34-7)20-22-18-23(14-15-25(22)30(5)6)29-26(32)19-28(2,3)4/h9-15,18,24H,8,16-17,19-20H2,1-7H3,(H,29,32)/t24-/m1/s1. The van der Waals surface area contributed by atoms with Gasteiger partial charge >= 0.3 is 0 Å². The van der Waals surface area contributed by atoms with Crippen molar-refractivity contribution in [2.75, 3.05) is 44.6 Å². The van der Waals surface area contributed by atoms with Gasteiger partial charge in [0.2, 0.25) is 11.8 Å². The Balaban J connectivity index is 2.34. The summed E-state index contributed by atoms with van der Waals surface area (Å²) in [5.74, 6) is -0.147. The minimum absolute atomic E-state index is 0.0153. The van der Waals surface area contributed by atoms with Crippen LogP contribution in [0.3, 0.4) is 0 Å². The third kappa shape index (κ3) is 8.17. The Kier molecular flexibility index (Phi) is 10.1. The minimum atomic E-state index is -0.212. The zero-order chi connectivity index (χ0) is 25.3. The molecule has 0 aliphatic carbocycles. The topological polar surface area (TPSA) is 61.9 Å². The molecule has 6 heteroatoms. The minimum Gasteiger partial charge on any atom is -0.383 e. The van der Waals surface area contributed by atoms with E-state index in [2.05, 4.69) is 5.32 Å². The molecular weight excluding hydrogens is 426 g/mol. The summed E-state index contributed by atoms with van der Waals surface area (Å²) < 4.78 is 5.32. The Morgan fingerprint density at radius 1 is 1.06 bits per heavy atom. The first-order valence-electron chi connectivity index (χ1n) is 12.0. The zero-order valence-electron chi connectivity index (χ0n) is 21.9. The number of carbonyl (C=O) groups excluding carboxylic acids is 2. The molecule has 0 unspecified atom stereocenters. The smallest absolute Gasteiger partial charge is 0.230 e. The second-order valence-electron chi connectivity index (χ2n) is 10.1. The number of nitrogens with zero attached hydrogens (tertiary/aromatic N) is 2. The highest BCUT2D eigenvalue weighted by molar-refractivity contribution is 5.91. The lowest BCUT2D eigenvalue weighted by Crippen LogP contribution is -2.37. The van der Waals surface area contributed by atoms with Gasteiger partial charge in [-0.2, -0.15) is 0 Å². The predicted molar refractivity (Wildman–Crippen MR) is 140 cm³/mol. The first kappa shape index (κ1) is 27.4. The summed E-state index contributed by atoms with van der Waals surface area (Å²) >= 11 is 0. The lowest BCUT2D eigenvalue weighted by atomic mass is 9.92.